The number of carbonyl (C=O) groups excluding carboxylic acids is 1. The van der Waals surface area contributed by atoms with E-state index in [-0.39, 0.29) is 24.9 Å². The molecule has 2 aromatic rings. The van der Waals surface area contributed by atoms with Gasteiger partial charge in [0.15, 0.2) is 6.61 Å². The third-order valence-corrected chi connectivity index (χ3v) is 4.04. The normalized spacial score (nSPS) is 10.0. The fraction of sp³-hybridized carbons (Fsp3) is 0.350. The second-order valence-corrected chi connectivity index (χ2v) is 5.98. The van der Waals surface area contributed by atoms with Crippen LogP contribution >= 0.6 is 12.4 Å². The molecule has 25 heavy (non-hydrogen) atoms. The van der Waals surface area contributed by atoms with Crippen molar-refractivity contribution in [3.63, 3.8) is 0 Å². The number of aryl methyl sites for hydroxylation is 2. The van der Waals surface area contributed by atoms with Crippen molar-refractivity contribution in [3.8, 4) is 5.75 Å². The number of nitrogens with zero attached hydrogens (tertiary/aromatic N) is 1. The highest BCUT2D eigenvalue weighted by Crippen LogP contribution is 2.16. The molecular weight excluding hydrogens is 336 g/mol. The molecule has 0 saturated carbocycles. The van der Waals surface area contributed by atoms with E-state index in [0.717, 1.165) is 23.3 Å². The molecular formula is C20H27ClN2O2. The number of amides is 1. The Balaban J connectivity index is 0.00000312. The lowest BCUT2D eigenvalue weighted by Crippen LogP contribution is -2.36. The summed E-state index contributed by atoms with van der Waals surface area (Å²) >= 11 is 0. The molecule has 0 saturated heterocycles. The first kappa shape index (κ1) is 21.0. The summed E-state index contributed by atoms with van der Waals surface area (Å²) in [4.78, 5) is 14.3. The van der Waals surface area contributed by atoms with Crippen LogP contribution in [0.2, 0.25) is 0 Å². The zero-order valence-corrected chi connectivity index (χ0v) is 15.7. The van der Waals surface area contributed by atoms with Crippen LogP contribution < -0.4 is 10.5 Å². The van der Waals surface area contributed by atoms with Crippen molar-refractivity contribution in [1.82, 2.24) is 4.90 Å². The van der Waals surface area contributed by atoms with E-state index in [4.69, 9.17) is 10.5 Å². The quantitative estimate of drug-likeness (QED) is 0.782. The van der Waals surface area contributed by atoms with E-state index < -0.39 is 0 Å². The van der Waals surface area contributed by atoms with Crippen LogP contribution in [0.25, 0.3) is 0 Å². The zero-order valence-electron chi connectivity index (χ0n) is 14.9. The second-order valence-electron chi connectivity index (χ2n) is 5.98. The van der Waals surface area contributed by atoms with Crippen LogP contribution in [0.5, 0.6) is 5.75 Å². The van der Waals surface area contributed by atoms with Crippen molar-refractivity contribution in [1.29, 1.82) is 0 Å². The molecule has 2 N–H and O–H groups in total. The molecule has 0 unspecified atom stereocenters. The van der Waals surface area contributed by atoms with Gasteiger partial charge in [-0.2, -0.15) is 0 Å². The molecule has 0 heterocycles. The second kappa shape index (κ2) is 10.7. The topological polar surface area (TPSA) is 55.6 Å². The number of hydrogen-bond acceptors (Lipinski definition) is 3. The third kappa shape index (κ3) is 6.77. The molecule has 2 rings (SSSR count). The van der Waals surface area contributed by atoms with Gasteiger partial charge in [-0.1, -0.05) is 36.4 Å². The smallest absolute Gasteiger partial charge is 0.260 e. The molecule has 0 fully saturated rings. The van der Waals surface area contributed by atoms with Crippen molar-refractivity contribution < 1.29 is 9.53 Å². The van der Waals surface area contributed by atoms with E-state index in [9.17, 15) is 4.79 Å². The van der Waals surface area contributed by atoms with Gasteiger partial charge in [0.2, 0.25) is 0 Å². The summed E-state index contributed by atoms with van der Waals surface area (Å²) in [5.41, 5.74) is 9.07. The minimum atomic E-state index is -0.0227. The Morgan fingerprint density at radius 2 is 1.80 bits per heavy atom. The molecule has 4 nitrogen and oxygen atoms in total. The van der Waals surface area contributed by atoms with Crippen LogP contribution in [0.15, 0.2) is 48.5 Å². The molecule has 0 aliphatic rings. The number of carbonyl (C=O) groups is 1. The Morgan fingerprint density at radius 3 is 2.44 bits per heavy atom. The lowest BCUT2D eigenvalue weighted by molar-refractivity contribution is -0.134. The van der Waals surface area contributed by atoms with E-state index in [0.29, 0.717) is 19.6 Å². The Bertz CT molecular complexity index is 662. The number of hydrogen-bond donors (Lipinski definition) is 1. The summed E-state index contributed by atoms with van der Waals surface area (Å²) < 4.78 is 5.68. The average Bonchev–Trinajstić information content (AvgIpc) is 2.60. The van der Waals surface area contributed by atoms with Crippen molar-refractivity contribution >= 4 is 18.3 Å². The largest absolute Gasteiger partial charge is 0.484 e. The lowest BCUT2D eigenvalue weighted by Gasteiger charge is -2.23. The predicted octanol–water partition coefficient (Wildman–Crippen LogP) is 3.48. The Morgan fingerprint density at radius 1 is 1.08 bits per heavy atom. The summed E-state index contributed by atoms with van der Waals surface area (Å²) in [7, 11) is 0. The number of rotatable bonds is 8. The van der Waals surface area contributed by atoms with E-state index in [2.05, 4.69) is 6.92 Å². The Hall–Kier alpha value is -2.04. The maximum Gasteiger partial charge on any atom is 0.260 e. The monoisotopic (exact) mass is 362 g/mol. The first-order valence-electron chi connectivity index (χ1n) is 8.32. The van der Waals surface area contributed by atoms with Gasteiger partial charge in [-0.05, 0) is 55.6 Å². The third-order valence-electron chi connectivity index (χ3n) is 4.04. The van der Waals surface area contributed by atoms with Gasteiger partial charge in [0, 0.05) is 13.1 Å². The number of nitrogens with two attached hydrogens (primary N) is 1. The SMILES string of the molecule is Cc1ccc(OCC(=O)N(CCCN)Cc2ccccc2)cc1C.Cl. The van der Waals surface area contributed by atoms with Crippen molar-refractivity contribution in [2.24, 2.45) is 5.73 Å². The van der Waals surface area contributed by atoms with Gasteiger partial charge in [-0.25, -0.2) is 0 Å². The number of benzene rings is 2. The summed E-state index contributed by atoms with van der Waals surface area (Å²) in [6, 6.07) is 15.8. The Labute approximate surface area is 156 Å². The number of halogens is 1. The van der Waals surface area contributed by atoms with Gasteiger partial charge in [0.25, 0.3) is 5.91 Å². The predicted molar refractivity (Wildman–Crippen MR) is 104 cm³/mol. The molecule has 0 spiro atoms. The van der Waals surface area contributed by atoms with Gasteiger partial charge in [-0.3, -0.25) is 4.79 Å². The lowest BCUT2D eigenvalue weighted by atomic mass is 10.1. The molecule has 0 bridgehead atoms. The molecule has 136 valence electrons. The molecule has 0 atom stereocenters. The van der Waals surface area contributed by atoms with Gasteiger partial charge in [0.05, 0.1) is 0 Å². The fourth-order valence-electron chi connectivity index (χ4n) is 2.42. The average molecular weight is 363 g/mol. The van der Waals surface area contributed by atoms with Crippen molar-refractivity contribution in [3.05, 3.63) is 65.2 Å². The van der Waals surface area contributed by atoms with Gasteiger partial charge in [-0.15, -0.1) is 12.4 Å². The standard InChI is InChI=1S/C20H26N2O2.ClH/c1-16-9-10-19(13-17(16)2)24-15-20(23)22(12-6-11-21)14-18-7-4-3-5-8-18;/h3-5,7-10,13H,6,11-12,14-15,21H2,1-2H3;1H. The maximum atomic E-state index is 12.5. The highest BCUT2D eigenvalue weighted by atomic mass is 35.5. The van der Waals surface area contributed by atoms with Crippen molar-refractivity contribution in [2.75, 3.05) is 19.7 Å². The van der Waals surface area contributed by atoms with Gasteiger partial charge >= 0.3 is 0 Å². The number of ether oxygens (including phenoxy) is 1. The summed E-state index contributed by atoms with van der Waals surface area (Å²) in [6.07, 6.45) is 0.780. The summed E-state index contributed by atoms with van der Waals surface area (Å²) in [5.74, 6) is 0.704. The summed E-state index contributed by atoms with van der Waals surface area (Å²) in [6.45, 7) is 5.92. The molecule has 0 aliphatic carbocycles. The van der Waals surface area contributed by atoms with Crippen LogP contribution in [0, 0.1) is 13.8 Å². The fourth-order valence-corrected chi connectivity index (χ4v) is 2.42. The van der Waals surface area contributed by atoms with Crippen LogP contribution in [-0.2, 0) is 11.3 Å². The maximum absolute atomic E-state index is 12.5. The molecule has 0 aromatic heterocycles. The van der Waals surface area contributed by atoms with E-state index in [1.165, 1.54) is 5.56 Å². The first-order chi connectivity index (χ1) is 11.6. The van der Waals surface area contributed by atoms with E-state index in [1.54, 1.807) is 0 Å². The van der Waals surface area contributed by atoms with Crippen molar-refractivity contribution in [2.45, 2.75) is 26.8 Å². The van der Waals surface area contributed by atoms with E-state index >= 15 is 0 Å². The van der Waals surface area contributed by atoms with Crippen LogP contribution in [-0.4, -0.2) is 30.5 Å². The highest BCUT2D eigenvalue weighted by molar-refractivity contribution is 5.85. The molecule has 0 radical (unpaired) electrons. The Kier molecular flexibility index (Phi) is 9.03. The minimum Gasteiger partial charge on any atom is -0.484 e. The van der Waals surface area contributed by atoms with Gasteiger partial charge in [0.1, 0.15) is 5.75 Å². The summed E-state index contributed by atoms with van der Waals surface area (Å²) in [5, 5.41) is 0. The molecule has 5 heteroatoms. The minimum absolute atomic E-state index is 0. The zero-order chi connectivity index (χ0) is 17.4. The van der Waals surface area contributed by atoms with Crippen LogP contribution in [0.1, 0.15) is 23.1 Å². The first-order valence-corrected chi connectivity index (χ1v) is 8.32. The van der Waals surface area contributed by atoms with Crippen LogP contribution in [0.3, 0.4) is 0 Å². The van der Waals surface area contributed by atoms with E-state index in [1.807, 2.05) is 60.4 Å². The van der Waals surface area contributed by atoms with Gasteiger partial charge < -0.3 is 15.4 Å². The van der Waals surface area contributed by atoms with Crippen LogP contribution in [0.4, 0.5) is 0 Å². The molecule has 0 aliphatic heterocycles. The highest BCUT2D eigenvalue weighted by Gasteiger charge is 2.14. The molecule has 2 aromatic carbocycles. The molecule has 1 amide bonds.